The quantitative estimate of drug-likeness (QED) is 0.433. The number of fused-ring (bicyclic) bond motifs is 1. The van der Waals surface area contributed by atoms with Gasteiger partial charge in [-0.15, -0.1) is 0 Å². The Kier molecular flexibility index (Phi) is 13.2. The molecule has 0 bridgehead atoms. The zero-order chi connectivity index (χ0) is 20.2. The highest BCUT2D eigenvalue weighted by molar-refractivity contribution is 4.91. The molecule has 158 valence electrons. The summed E-state index contributed by atoms with van der Waals surface area (Å²) < 4.78 is 0. The Labute approximate surface area is 168 Å². The Hall–Kier alpha value is 0. The van der Waals surface area contributed by atoms with Gasteiger partial charge in [-0.05, 0) is 67.1 Å². The molecule has 0 amide bonds. The molecule has 0 radical (unpaired) electrons. The van der Waals surface area contributed by atoms with Gasteiger partial charge in [-0.1, -0.05) is 101 Å². The average molecular weight is 367 g/mol. The van der Waals surface area contributed by atoms with E-state index in [1.54, 1.807) is 0 Å². The van der Waals surface area contributed by atoms with Crippen molar-refractivity contribution < 1.29 is 0 Å². The Balaban J connectivity index is 0.00000146. The van der Waals surface area contributed by atoms with Crippen LogP contribution in [0.4, 0.5) is 0 Å². The smallest absolute Gasteiger partial charge is 0.0272 e. The Bertz CT molecular complexity index is 329. The second-order valence-electron chi connectivity index (χ2n) is 9.62. The summed E-state index contributed by atoms with van der Waals surface area (Å²) in [6, 6.07) is 0. The maximum absolute atomic E-state index is 2.65. The fraction of sp³-hybridized carbons (Fsp3) is 1.00. The van der Waals surface area contributed by atoms with Crippen molar-refractivity contribution in [2.75, 3.05) is 0 Å². The van der Waals surface area contributed by atoms with E-state index in [1.165, 1.54) is 77.0 Å². The first-order valence-corrected chi connectivity index (χ1v) is 12.4. The lowest BCUT2D eigenvalue weighted by Crippen LogP contribution is -2.38. The van der Waals surface area contributed by atoms with Gasteiger partial charge in [-0.2, -0.15) is 0 Å². The van der Waals surface area contributed by atoms with Crippen molar-refractivity contribution in [3.05, 3.63) is 0 Å². The van der Waals surface area contributed by atoms with E-state index in [4.69, 9.17) is 0 Å². The van der Waals surface area contributed by atoms with Crippen molar-refractivity contribution >= 4 is 0 Å². The first-order valence-electron chi connectivity index (χ1n) is 12.4. The second-order valence-corrected chi connectivity index (χ2v) is 9.62. The van der Waals surface area contributed by atoms with Crippen LogP contribution in [0.5, 0.6) is 0 Å². The maximum Gasteiger partial charge on any atom is -0.0272 e. The van der Waals surface area contributed by atoms with Gasteiger partial charge in [0, 0.05) is 0 Å². The van der Waals surface area contributed by atoms with Crippen LogP contribution in [0.3, 0.4) is 0 Å². The number of hydrogen-bond donors (Lipinski definition) is 0. The molecule has 4 atom stereocenters. The van der Waals surface area contributed by atoms with Crippen molar-refractivity contribution in [1.29, 1.82) is 0 Å². The molecule has 0 aromatic rings. The van der Waals surface area contributed by atoms with Crippen LogP contribution in [-0.2, 0) is 0 Å². The van der Waals surface area contributed by atoms with E-state index in [0.29, 0.717) is 10.8 Å². The zero-order valence-electron chi connectivity index (χ0n) is 20.2. The summed E-state index contributed by atoms with van der Waals surface area (Å²) in [4.78, 5) is 0. The number of rotatable bonds is 1. The van der Waals surface area contributed by atoms with E-state index in [-0.39, 0.29) is 0 Å². The summed E-state index contributed by atoms with van der Waals surface area (Å²) in [7, 11) is 0. The van der Waals surface area contributed by atoms with Crippen LogP contribution in [0.15, 0.2) is 0 Å². The van der Waals surface area contributed by atoms with Gasteiger partial charge < -0.3 is 0 Å². The highest BCUT2D eigenvalue weighted by atomic mass is 14.5. The van der Waals surface area contributed by atoms with Gasteiger partial charge >= 0.3 is 0 Å². The molecule has 2 aliphatic rings. The van der Waals surface area contributed by atoms with Crippen LogP contribution in [0.25, 0.3) is 0 Å². The molecule has 0 spiro atoms. The van der Waals surface area contributed by atoms with Gasteiger partial charge in [0.05, 0.1) is 0 Å². The lowest BCUT2D eigenvalue weighted by atomic mass is 9.58. The molecule has 26 heavy (non-hydrogen) atoms. The van der Waals surface area contributed by atoms with Crippen LogP contribution in [0.2, 0.25) is 0 Å². The molecule has 2 fully saturated rings. The molecule has 0 aromatic heterocycles. The summed E-state index contributed by atoms with van der Waals surface area (Å²) in [5, 5.41) is 0. The molecule has 0 saturated heterocycles. The summed E-state index contributed by atoms with van der Waals surface area (Å²) in [6.07, 6.45) is 17.7. The Morgan fingerprint density at radius 3 is 1.81 bits per heavy atom. The Morgan fingerprint density at radius 2 is 1.23 bits per heavy atom. The average Bonchev–Trinajstić information content (AvgIpc) is 2.66. The first kappa shape index (κ1) is 26.0. The van der Waals surface area contributed by atoms with E-state index < -0.39 is 0 Å². The minimum atomic E-state index is 0.544. The largest absolute Gasteiger partial charge is 0.0683 e. The highest BCUT2D eigenvalue weighted by Gasteiger charge is 2.41. The van der Waals surface area contributed by atoms with Gasteiger partial charge in [0.25, 0.3) is 0 Å². The van der Waals surface area contributed by atoms with E-state index in [2.05, 4.69) is 34.6 Å². The third-order valence-corrected chi connectivity index (χ3v) is 8.00. The van der Waals surface area contributed by atoms with E-state index in [1.807, 2.05) is 27.7 Å². The Morgan fingerprint density at radius 1 is 0.692 bits per heavy atom. The minimum Gasteiger partial charge on any atom is -0.0683 e. The molecule has 0 heteroatoms. The standard InChI is InChI=1S/C22H42.2C2H6/c1-6-19-12-8-7-9-13-20-14-10-11-16-22(20,5)18(2)15-17-21(19,3)4;2*1-2/h18-20H,6-17H2,1-5H3;2*1-2H3. The van der Waals surface area contributed by atoms with Gasteiger partial charge in [0.1, 0.15) is 0 Å². The lowest BCUT2D eigenvalue weighted by molar-refractivity contribution is 0.0268. The molecular weight excluding hydrogens is 312 g/mol. The summed E-state index contributed by atoms with van der Waals surface area (Å²) in [6.45, 7) is 20.8. The molecule has 0 aromatic carbocycles. The van der Waals surface area contributed by atoms with Crippen molar-refractivity contribution in [3.8, 4) is 0 Å². The number of hydrogen-bond acceptors (Lipinski definition) is 0. The fourth-order valence-electron chi connectivity index (χ4n) is 5.78. The molecule has 0 nitrogen and oxygen atoms in total. The van der Waals surface area contributed by atoms with Gasteiger partial charge in [-0.3, -0.25) is 0 Å². The summed E-state index contributed by atoms with van der Waals surface area (Å²) in [5.41, 5.74) is 1.18. The van der Waals surface area contributed by atoms with Crippen molar-refractivity contribution in [2.24, 2.45) is 28.6 Å². The predicted octanol–water partition coefficient (Wildman–Crippen LogP) is 9.67. The summed E-state index contributed by atoms with van der Waals surface area (Å²) >= 11 is 0. The van der Waals surface area contributed by atoms with Crippen LogP contribution in [0, 0.1) is 28.6 Å². The molecule has 2 aliphatic carbocycles. The first-order chi connectivity index (χ1) is 12.4. The fourth-order valence-corrected chi connectivity index (χ4v) is 5.78. The van der Waals surface area contributed by atoms with Crippen LogP contribution in [0.1, 0.15) is 139 Å². The molecule has 0 N–H and O–H groups in total. The molecule has 0 heterocycles. The third-order valence-electron chi connectivity index (χ3n) is 8.00. The van der Waals surface area contributed by atoms with E-state index in [9.17, 15) is 0 Å². The molecular formula is C26H54. The lowest BCUT2D eigenvalue weighted by Gasteiger charge is -2.48. The van der Waals surface area contributed by atoms with Crippen LogP contribution < -0.4 is 0 Å². The minimum absolute atomic E-state index is 0.544. The molecule has 0 aliphatic heterocycles. The molecule has 2 saturated carbocycles. The zero-order valence-corrected chi connectivity index (χ0v) is 20.2. The monoisotopic (exact) mass is 366 g/mol. The predicted molar refractivity (Wildman–Crippen MR) is 122 cm³/mol. The topological polar surface area (TPSA) is 0 Å². The van der Waals surface area contributed by atoms with E-state index in [0.717, 1.165) is 17.8 Å². The van der Waals surface area contributed by atoms with Gasteiger partial charge in [0.2, 0.25) is 0 Å². The van der Waals surface area contributed by atoms with Crippen molar-refractivity contribution in [2.45, 2.75) is 139 Å². The second kappa shape index (κ2) is 13.2. The normalized spacial score (nSPS) is 35.2. The molecule has 2 rings (SSSR count). The summed E-state index contributed by atoms with van der Waals surface area (Å²) in [5.74, 6) is 2.86. The maximum atomic E-state index is 2.65. The van der Waals surface area contributed by atoms with Gasteiger partial charge in [0.15, 0.2) is 0 Å². The van der Waals surface area contributed by atoms with Crippen molar-refractivity contribution in [3.63, 3.8) is 0 Å². The van der Waals surface area contributed by atoms with Crippen molar-refractivity contribution in [1.82, 2.24) is 0 Å². The third kappa shape index (κ3) is 7.20. The van der Waals surface area contributed by atoms with Gasteiger partial charge in [-0.25, -0.2) is 0 Å². The van der Waals surface area contributed by atoms with Crippen LogP contribution >= 0.6 is 0 Å². The van der Waals surface area contributed by atoms with Crippen LogP contribution in [-0.4, -0.2) is 0 Å². The molecule has 4 unspecified atom stereocenters. The SMILES string of the molecule is CC.CC.CCC1CCCCCC2CCCCC2(C)C(C)CCC1(C)C. The van der Waals surface area contributed by atoms with E-state index >= 15 is 0 Å². The highest BCUT2D eigenvalue weighted by Crippen LogP contribution is 2.51.